The number of para-hydroxylation sites is 1. The normalized spacial score (nSPS) is 19.4. The van der Waals surface area contributed by atoms with Crippen LogP contribution in [0.3, 0.4) is 0 Å². The van der Waals surface area contributed by atoms with Gasteiger partial charge < -0.3 is 29.6 Å². The quantitative estimate of drug-likeness (QED) is 0.366. The molecule has 2 aliphatic heterocycles. The van der Waals surface area contributed by atoms with Gasteiger partial charge in [-0.25, -0.2) is 9.59 Å². The van der Waals surface area contributed by atoms with Gasteiger partial charge in [0, 0.05) is 18.3 Å². The molecule has 0 radical (unpaired) electrons. The van der Waals surface area contributed by atoms with E-state index >= 15 is 0 Å². The number of unbranched alkanes of at least 4 members (excludes halogenated alkanes) is 1. The monoisotopic (exact) mass is 458 g/mol. The summed E-state index contributed by atoms with van der Waals surface area (Å²) in [6.45, 7) is 2.01. The molecule has 0 saturated heterocycles. The zero-order chi connectivity index (χ0) is 24.3. The van der Waals surface area contributed by atoms with Gasteiger partial charge in [-0.15, -0.1) is 0 Å². The molecule has 2 aliphatic rings. The number of rotatable bonds is 7. The number of carbonyl (C=O) groups excluding carboxylic acids is 4. The molecule has 10 nitrogen and oxygen atoms in total. The van der Waals surface area contributed by atoms with Crippen molar-refractivity contribution in [2.75, 3.05) is 32.8 Å². The first-order valence-electron chi connectivity index (χ1n) is 10.4. The van der Waals surface area contributed by atoms with Gasteiger partial charge in [0.1, 0.15) is 28.7 Å². The van der Waals surface area contributed by atoms with Crippen LogP contribution >= 0.6 is 0 Å². The van der Waals surface area contributed by atoms with Gasteiger partial charge in [0.15, 0.2) is 0 Å². The average Bonchev–Trinajstić information content (AvgIpc) is 3.01. The molecule has 2 heterocycles. The number of nitrogens with zero attached hydrogens (tertiary/aromatic N) is 1. The summed E-state index contributed by atoms with van der Waals surface area (Å²) in [5.41, 5.74) is 4.25. The van der Waals surface area contributed by atoms with Crippen molar-refractivity contribution in [2.24, 2.45) is 5.73 Å². The highest BCUT2D eigenvalue weighted by atomic mass is 16.5. The predicted molar refractivity (Wildman–Crippen MR) is 115 cm³/mol. The Morgan fingerprint density at radius 3 is 2.42 bits per heavy atom. The lowest BCUT2D eigenvalue weighted by molar-refractivity contribution is -0.143. The zero-order valence-electron chi connectivity index (χ0n) is 18.9. The summed E-state index contributed by atoms with van der Waals surface area (Å²) in [6.07, 6.45) is 0.843. The molecule has 1 spiro atoms. The molecule has 2 N–H and O–H groups in total. The second-order valence-corrected chi connectivity index (χ2v) is 7.50. The third-order valence-corrected chi connectivity index (χ3v) is 5.66. The number of methoxy groups -OCH3 is 2. The number of esters is 3. The van der Waals surface area contributed by atoms with Gasteiger partial charge in [-0.2, -0.15) is 0 Å². The number of ether oxygens (including phenoxy) is 4. The molecule has 1 amide bonds. The molecule has 0 aliphatic carbocycles. The van der Waals surface area contributed by atoms with Crippen molar-refractivity contribution >= 4 is 29.5 Å². The average molecular weight is 458 g/mol. The highest BCUT2D eigenvalue weighted by Gasteiger charge is 2.63. The smallest absolute Gasteiger partial charge is 0.341 e. The molecule has 1 unspecified atom stereocenters. The molecule has 3 rings (SSSR count). The first-order chi connectivity index (χ1) is 15.7. The molecular weight excluding hydrogens is 432 g/mol. The molecular formula is C23H26N2O8. The number of carbonyl (C=O) groups is 4. The number of hydrogen-bond acceptors (Lipinski definition) is 9. The fourth-order valence-electron chi connectivity index (χ4n) is 4.13. The van der Waals surface area contributed by atoms with Crippen LogP contribution in [-0.4, -0.2) is 51.7 Å². The molecule has 0 saturated carbocycles. The van der Waals surface area contributed by atoms with Gasteiger partial charge in [0.05, 0.1) is 20.8 Å². The third-order valence-electron chi connectivity index (χ3n) is 5.66. The van der Waals surface area contributed by atoms with E-state index in [9.17, 15) is 19.2 Å². The lowest BCUT2D eigenvalue weighted by Gasteiger charge is -2.36. The van der Waals surface area contributed by atoms with E-state index in [4.69, 9.17) is 24.7 Å². The molecule has 1 aromatic carbocycles. The minimum atomic E-state index is -2.02. The molecule has 0 fully saturated rings. The minimum absolute atomic E-state index is 0.0835. The topological polar surface area (TPSA) is 134 Å². The van der Waals surface area contributed by atoms with Crippen molar-refractivity contribution < 1.29 is 38.1 Å². The second kappa shape index (κ2) is 9.35. The van der Waals surface area contributed by atoms with Crippen LogP contribution in [0.1, 0.15) is 31.7 Å². The van der Waals surface area contributed by atoms with E-state index in [-0.39, 0.29) is 23.5 Å². The second-order valence-electron chi connectivity index (χ2n) is 7.50. The Morgan fingerprint density at radius 1 is 1.09 bits per heavy atom. The minimum Gasteiger partial charge on any atom is -0.469 e. The summed E-state index contributed by atoms with van der Waals surface area (Å²) in [7, 11) is 3.80. The fraction of sp³-hybridized carbons (Fsp3) is 0.391. The van der Waals surface area contributed by atoms with Crippen LogP contribution in [0.25, 0.3) is 0 Å². The standard InChI is InChI=1S/C23H26N2O8/c1-5-6-11-32-21(28)18-19(24)33-15(12-16(26)30-3)17(20(27)31-4)23(18)13-9-7-8-10-14(13)25(2)22(23)29/h7-10H,5-6,11-12,24H2,1-4H3. The Balaban J connectivity index is 2.36. The molecule has 10 heteroatoms. The number of anilines is 1. The van der Waals surface area contributed by atoms with Crippen molar-refractivity contribution in [1.29, 1.82) is 0 Å². The van der Waals surface area contributed by atoms with Crippen LogP contribution in [0.4, 0.5) is 5.69 Å². The highest BCUT2D eigenvalue weighted by molar-refractivity contribution is 6.22. The first-order valence-corrected chi connectivity index (χ1v) is 10.4. The predicted octanol–water partition coefficient (Wildman–Crippen LogP) is 1.43. The highest BCUT2D eigenvalue weighted by Crippen LogP contribution is 2.54. The van der Waals surface area contributed by atoms with Crippen LogP contribution < -0.4 is 10.6 Å². The van der Waals surface area contributed by atoms with Crippen molar-refractivity contribution in [1.82, 2.24) is 0 Å². The van der Waals surface area contributed by atoms with Crippen LogP contribution in [-0.2, 0) is 43.5 Å². The van der Waals surface area contributed by atoms with Crippen LogP contribution in [0, 0.1) is 0 Å². The molecule has 0 bridgehead atoms. The Hall–Kier alpha value is -3.82. The number of likely N-dealkylation sites (N-methyl/N-ethyl adjacent to an activating group) is 1. The Morgan fingerprint density at radius 2 is 1.79 bits per heavy atom. The molecule has 176 valence electrons. The van der Waals surface area contributed by atoms with Crippen molar-refractivity contribution in [3.63, 3.8) is 0 Å². The lowest BCUT2D eigenvalue weighted by Crippen LogP contribution is -2.50. The van der Waals surface area contributed by atoms with Crippen LogP contribution in [0.15, 0.2) is 47.1 Å². The van der Waals surface area contributed by atoms with Gasteiger partial charge in [-0.3, -0.25) is 9.59 Å². The van der Waals surface area contributed by atoms with E-state index in [1.165, 1.54) is 19.1 Å². The SMILES string of the molecule is CCCCOC(=O)C1=C(N)OC(CC(=O)OC)=C(C(=O)OC)C12C(=O)N(C)c1ccccc12. The Labute approximate surface area is 190 Å². The first kappa shape index (κ1) is 23.8. The fourth-order valence-corrected chi connectivity index (χ4v) is 4.13. The zero-order valence-corrected chi connectivity index (χ0v) is 18.9. The number of nitrogens with two attached hydrogens (primary N) is 1. The maximum Gasteiger partial charge on any atom is 0.341 e. The van der Waals surface area contributed by atoms with Gasteiger partial charge >= 0.3 is 17.9 Å². The van der Waals surface area contributed by atoms with Gasteiger partial charge in [0.2, 0.25) is 11.8 Å². The Kier molecular flexibility index (Phi) is 6.75. The third kappa shape index (κ3) is 3.71. The van der Waals surface area contributed by atoms with E-state index < -0.39 is 41.5 Å². The number of fused-ring (bicyclic) bond motifs is 2. The molecule has 1 atom stereocenters. The number of benzene rings is 1. The number of amides is 1. The summed E-state index contributed by atoms with van der Waals surface area (Å²) < 4.78 is 20.6. The van der Waals surface area contributed by atoms with Crippen LogP contribution in [0.5, 0.6) is 0 Å². The maximum atomic E-state index is 13.9. The van der Waals surface area contributed by atoms with Crippen molar-refractivity contribution in [3.05, 3.63) is 52.6 Å². The number of hydrogen-bond donors (Lipinski definition) is 1. The molecule has 1 aromatic rings. The van der Waals surface area contributed by atoms with E-state index in [0.717, 1.165) is 13.5 Å². The van der Waals surface area contributed by atoms with Gasteiger partial charge in [-0.05, 0) is 12.5 Å². The summed E-state index contributed by atoms with van der Waals surface area (Å²) in [5, 5.41) is 0. The van der Waals surface area contributed by atoms with E-state index in [1.807, 2.05) is 6.92 Å². The van der Waals surface area contributed by atoms with Crippen molar-refractivity contribution in [3.8, 4) is 0 Å². The summed E-state index contributed by atoms with van der Waals surface area (Å²) >= 11 is 0. The molecule has 33 heavy (non-hydrogen) atoms. The van der Waals surface area contributed by atoms with Gasteiger partial charge in [-0.1, -0.05) is 31.5 Å². The molecule has 0 aromatic heterocycles. The van der Waals surface area contributed by atoms with Crippen molar-refractivity contribution in [2.45, 2.75) is 31.6 Å². The summed E-state index contributed by atoms with van der Waals surface area (Å²) in [4.78, 5) is 53.7. The largest absolute Gasteiger partial charge is 0.469 e. The summed E-state index contributed by atoms with van der Waals surface area (Å²) in [5.74, 6) is -3.93. The van der Waals surface area contributed by atoms with E-state index in [0.29, 0.717) is 17.7 Å². The lowest BCUT2D eigenvalue weighted by atomic mass is 9.67. The van der Waals surface area contributed by atoms with E-state index in [1.54, 1.807) is 24.3 Å². The Bertz CT molecular complexity index is 1070. The maximum absolute atomic E-state index is 13.9. The van der Waals surface area contributed by atoms with E-state index in [2.05, 4.69) is 0 Å². The van der Waals surface area contributed by atoms with Gasteiger partial charge in [0.25, 0.3) is 0 Å². The van der Waals surface area contributed by atoms with Crippen LogP contribution in [0.2, 0.25) is 0 Å². The summed E-state index contributed by atoms with van der Waals surface area (Å²) in [6, 6.07) is 6.65.